The first-order valence-corrected chi connectivity index (χ1v) is 3.34. The molecule has 0 unspecified atom stereocenters. The van der Waals surface area contributed by atoms with Crippen molar-refractivity contribution in [1.29, 1.82) is 0 Å². The fourth-order valence-corrected chi connectivity index (χ4v) is 0.886. The van der Waals surface area contributed by atoms with Crippen molar-refractivity contribution in [1.82, 2.24) is 4.98 Å². The normalized spacial score (nSPS) is 13.7. The van der Waals surface area contributed by atoms with Crippen molar-refractivity contribution >= 4 is 29.6 Å². The van der Waals surface area contributed by atoms with Gasteiger partial charge in [0.1, 0.15) is 5.82 Å². The number of nitrogens with one attached hydrogen (secondary N) is 2. The second-order valence-corrected chi connectivity index (χ2v) is 2.47. The molecule has 1 heterocycles. The molecule has 1 aromatic heterocycles. The van der Waals surface area contributed by atoms with Gasteiger partial charge in [-0.2, -0.15) is 0 Å². The van der Waals surface area contributed by atoms with Crippen LogP contribution in [0.3, 0.4) is 0 Å². The van der Waals surface area contributed by atoms with Gasteiger partial charge in [0.05, 0.1) is 9.53 Å². The van der Waals surface area contributed by atoms with Gasteiger partial charge in [-0.05, 0) is 6.07 Å². The Hall–Kier alpha value is 0.460. The molecule has 1 aromatic rings. The van der Waals surface area contributed by atoms with Crippen LogP contribution < -0.4 is 34.9 Å². The van der Waals surface area contributed by atoms with Gasteiger partial charge in [-0.1, -0.05) is 23.8 Å². The zero-order valence-electron chi connectivity index (χ0n) is 9.94. The number of pyridine rings is 1. The van der Waals surface area contributed by atoms with Crippen LogP contribution in [0.1, 0.15) is 5.54 Å². The van der Waals surface area contributed by atoms with Crippen molar-refractivity contribution in [3.63, 3.8) is 0 Å². The number of hydrogen-bond acceptors (Lipinski definition) is 2. The average molecular weight is 202 g/mol. The fraction of sp³-hybridized carbons (Fsp3) is 0.167. The van der Waals surface area contributed by atoms with Gasteiger partial charge in [-0.3, -0.25) is 0 Å². The topological polar surface area (TPSA) is 27.8 Å². The maximum Gasteiger partial charge on any atom is 1.00 e. The summed E-state index contributed by atoms with van der Waals surface area (Å²) < 4.78 is 21.2. The van der Waals surface area contributed by atoms with Crippen molar-refractivity contribution < 1.29 is 35.1 Å². The molecule has 0 aromatic carbocycles. The first kappa shape index (κ1) is 6.92. The Morgan fingerprint density at radius 3 is 3.27 bits per heavy atom. The number of anilines is 1. The minimum atomic E-state index is -2.27. The Morgan fingerprint density at radius 2 is 2.64 bits per heavy atom. The Bertz CT molecular complexity index is 367. The first-order chi connectivity index (χ1) is 5.90. The molecular formula is C6H8ClN2NaS. The summed E-state index contributed by atoms with van der Waals surface area (Å²) in [6, 6.07) is 1.59. The number of halogens is 1. The SMILES string of the molecule is [2H]C([2H])([2H])Nc1[nH]ccc(=S)c1Cl.[H-].[Na+]. The predicted octanol–water partition coefficient (Wildman–Crippen LogP) is -0.444. The van der Waals surface area contributed by atoms with Crippen molar-refractivity contribution in [2.45, 2.75) is 0 Å². The molecule has 1 rings (SSSR count). The van der Waals surface area contributed by atoms with E-state index in [0.29, 0.717) is 4.51 Å². The van der Waals surface area contributed by atoms with Gasteiger partial charge in [0.25, 0.3) is 0 Å². The van der Waals surface area contributed by atoms with E-state index in [4.69, 9.17) is 27.9 Å². The summed E-state index contributed by atoms with van der Waals surface area (Å²) in [6.07, 6.45) is 1.53. The molecule has 0 atom stereocenters. The van der Waals surface area contributed by atoms with Crippen LogP contribution in [0.5, 0.6) is 0 Å². The van der Waals surface area contributed by atoms with Gasteiger partial charge in [0.15, 0.2) is 0 Å². The summed E-state index contributed by atoms with van der Waals surface area (Å²) in [5.74, 6) is 0.217. The van der Waals surface area contributed by atoms with Gasteiger partial charge in [-0.15, -0.1) is 0 Å². The van der Waals surface area contributed by atoms with Crippen LogP contribution >= 0.6 is 23.8 Å². The second kappa shape index (κ2) is 5.17. The molecule has 0 aliphatic heterocycles. The number of hydrogen-bond donors (Lipinski definition) is 2. The predicted molar refractivity (Wildman–Crippen MR) is 47.3 cm³/mol. The van der Waals surface area contributed by atoms with E-state index in [1.807, 2.05) is 0 Å². The Labute approximate surface area is 103 Å². The number of aromatic amines is 1. The summed E-state index contributed by atoms with van der Waals surface area (Å²) in [4.78, 5) is 2.66. The molecule has 2 N–H and O–H groups in total. The molecule has 56 valence electrons. The summed E-state index contributed by atoms with van der Waals surface area (Å²) in [6.45, 7) is -2.27. The molecule has 0 radical (unpaired) electrons. The van der Waals surface area contributed by atoms with Crippen molar-refractivity contribution in [3.8, 4) is 0 Å². The molecule has 0 aliphatic rings. The van der Waals surface area contributed by atoms with Gasteiger partial charge in [0.2, 0.25) is 0 Å². The molecule has 0 saturated heterocycles. The Morgan fingerprint density at radius 1 is 1.91 bits per heavy atom. The zero-order chi connectivity index (χ0) is 10.1. The Balaban J connectivity index is 0. The standard InChI is InChI=1S/C6H7ClN2S.Na.H/c1-8-6-5(7)4(10)2-3-9-6;;/h2-3H,1H3,(H2,8,9,10);;/q;+1;-1/i1D3;;. The quantitative estimate of drug-likeness (QED) is 0.476. The summed E-state index contributed by atoms with van der Waals surface area (Å²) in [7, 11) is 0. The van der Waals surface area contributed by atoms with Crippen LogP contribution in [-0.4, -0.2) is 12.0 Å². The molecule has 0 fully saturated rings. The number of aromatic nitrogens is 1. The molecule has 0 saturated carbocycles. The van der Waals surface area contributed by atoms with Crippen molar-refractivity contribution in [3.05, 3.63) is 21.8 Å². The molecule has 0 spiro atoms. The van der Waals surface area contributed by atoms with Crippen LogP contribution in [0.4, 0.5) is 5.82 Å². The maximum atomic E-state index is 6.95. The zero-order valence-corrected chi connectivity index (χ0v) is 9.51. The molecular weight excluding hydrogens is 191 g/mol. The van der Waals surface area contributed by atoms with E-state index in [0.717, 1.165) is 0 Å². The van der Waals surface area contributed by atoms with E-state index in [9.17, 15) is 0 Å². The van der Waals surface area contributed by atoms with E-state index in [2.05, 4.69) is 10.3 Å². The third-order valence-corrected chi connectivity index (χ3v) is 1.87. The van der Waals surface area contributed by atoms with E-state index in [1.54, 1.807) is 6.07 Å². The minimum Gasteiger partial charge on any atom is -1.00 e. The van der Waals surface area contributed by atoms with Crippen LogP contribution in [0.2, 0.25) is 5.02 Å². The molecule has 2 nitrogen and oxygen atoms in total. The molecule has 0 aliphatic carbocycles. The van der Waals surface area contributed by atoms with Crippen molar-refractivity contribution in [2.75, 3.05) is 12.3 Å². The van der Waals surface area contributed by atoms with Crippen LogP contribution in [0.25, 0.3) is 0 Å². The van der Waals surface area contributed by atoms with E-state index >= 15 is 0 Å². The van der Waals surface area contributed by atoms with Gasteiger partial charge in [0, 0.05) is 17.3 Å². The largest absolute Gasteiger partial charge is 1.00 e. The monoisotopic (exact) mass is 201 g/mol. The van der Waals surface area contributed by atoms with Crippen LogP contribution in [-0.2, 0) is 0 Å². The van der Waals surface area contributed by atoms with E-state index in [1.165, 1.54) is 6.20 Å². The maximum absolute atomic E-state index is 6.95. The summed E-state index contributed by atoms with van der Waals surface area (Å²) >= 11 is 10.6. The van der Waals surface area contributed by atoms with Crippen LogP contribution in [0, 0.1) is 4.51 Å². The average Bonchev–Trinajstić information content (AvgIpc) is 1.96. The smallest absolute Gasteiger partial charge is 1.00 e. The van der Waals surface area contributed by atoms with Gasteiger partial charge in [-0.25, -0.2) is 0 Å². The molecule has 0 amide bonds. The van der Waals surface area contributed by atoms with E-state index in [-0.39, 0.29) is 41.8 Å². The summed E-state index contributed by atoms with van der Waals surface area (Å²) in [5.41, 5.74) is 0. The Kier molecular flexibility index (Phi) is 3.25. The van der Waals surface area contributed by atoms with Crippen molar-refractivity contribution in [2.24, 2.45) is 0 Å². The molecule has 5 heteroatoms. The molecule has 11 heavy (non-hydrogen) atoms. The third kappa shape index (κ3) is 2.76. The molecule has 0 bridgehead atoms. The second-order valence-electron chi connectivity index (χ2n) is 1.66. The van der Waals surface area contributed by atoms with Gasteiger partial charge >= 0.3 is 29.6 Å². The first-order valence-electron chi connectivity index (χ1n) is 4.05. The summed E-state index contributed by atoms with van der Waals surface area (Å²) in [5, 5.41) is 2.45. The minimum absolute atomic E-state index is 0. The van der Waals surface area contributed by atoms with Crippen LogP contribution in [0.15, 0.2) is 12.3 Å². The third-order valence-electron chi connectivity index (χ3n) is 1.02. The van der Waals surface area contributed by atoms with E-state index < -0.39 is 6.98 Å². The number of H-pyrrole nitrogens is 1. The van der Waals surface area contributed by atoms with Gasteiger partial charge < -0.3 is 11.7 Å². The number of rotatable bonds is 1. The fourth-order valence-electron chi connectivity index (χ4n) is 0.551.